The highest BCUT2D eigenvalue weighted by molar-refractivity contribution is 9.10. The summed E-state index contributed by atoms with van der Waals surface area (Å²) in [5, 5.41) is 1.05. The molecule has 1 heterocycles. The molecule has 0 amide bonds. The summed E-state index contributed by atoms with van der Waals surface area (Å²) in [6, 6.07) is 33.8. The number of para-hydroxylation sites is 1. The third-order valence-corrected chi connectivity index (χ3v) is 6.82. The van der Waals surface area contributed by atoms with Gasteiger partial charge in [0.15, 0.2) is 5.82 Å². The van der Waals surface area contributed by atoms with Crippen molar-refractivity contribution in [2.45, 2.75) is 12.8 Å². The third-order valence-electron chi connectivity index (χ3n) is 6.33. The van der Waals surface area contributed by atoms with E-state index in [1.807, 2.05) is 18.2 Å². The molecule has 4 aromatic carbocycles. The molecular weight excluding hydrogens is 492 g/mol. The van der Waals surface area contributed by atoms with Gasteiger partial charge in [0, 0.05) is 21.0 Å². The first-order chi connectivity index (χ1) is 17.2. The number of fused-ring (bicyclic) bond motifs is 1. The number of benzene rings is 4. The van der Waals surface area contributed by atoms with Gasteiger partial charge in [0.25, 0.3) is 0 Å². The predicted molar refractivity (Wildman–Crippen MR) is 150 cm³/mol. The van der Waals surface area contributed by atoms with E-state index >= 15 is 0 Å². The van der Waals surface area contributed by atoms with Crippen molar-refractivity contribution in [2.24, 2.45) is 0 Å². The van der Waals surface area contributed by atoms with Crippen molar-refractivity contribution in [3.8, 4) is 33.8 Å². The quantitative estimate of drug-likeness (QED) is 0.239. The minimum atomic E-state index is 0.725. The van der Waals surface area contributed by atoms with Crippen molar-refractivity contribution in [1.29, 1.82) is 0 Å². The first-order valence-corrected chi connectivity index (χ1v) is 12.6. The molecule has 0 radical (unpaired) electrons. The van der Waals surface area contributed by atoms with Crippen LogP contribution in [0.5, 0.6) is 0 Å². The molecule has 0 saturated carbocycles. The van der Waals surface area contributed by atoms with Crippen LogP contribution in [0.1, 0.15) is 18.4 Å². The molecular formula is C32H23BrN2. The Labute approximate surface area is 213 Å². The van der Waals surface area contributed by atoms with Gasteiger partial charge in [-0.3, -0.25) is 0 Å². The van der Waals surface area contributed by atoms with Gasteiger partial charge in [0.1, 0.15) is 0 Å². The fourth-order valence-corrected chi connectivity index (χ4v) is 5.01. The van der Waals surface area contributed by atoms with Crippen molar-refractivity contribution < 1.29 is 0 Å². The normalized spacial score (nSPS) is 13.1. The van der Waals surface area contributed by atoms with Crippen molar-refractivity contribution in [2.75, 3.05) is 0 Å². The standard InChI is InChI=1S/C32H23BrN2/c33-28-15-9-14-24(21-28)32-34-30-17-8-7-16-29(30)31(35-32)27-19-25(22-10-3-1-4-11-22)18-26(20-27)23-12-5-2-6-13-23/h1,3-5,7-21H,2,6H2. The first-order valence-electron chi connectivity index (χ1n) is 11.9. The summed E-state index contributed by atoms with van der Waals surface area (Å²) >= 11 is 3.59. The largest absolute Gasteiger partial charge is 0.228 e. The molecule has 0 aliphatic heterocycles. The molecule has 0 atom stereocenters. The molecule has 3 heteroatoms. The zero-order valence-electron chi connectivity index (χ0n) is 19.2. The van der Waals surface area contributed by atoms with Gasteiger partial charge < -0.3 is 0 Å². The molecule has 0 unspecified atom stereocenters. The van der Waals surface area contributed by atoms with E-state index in [2.05, 4.69) is 113 Å². The summed E-state index contributed by atoms with van der Waals surface area (Å²) in [5.74, 6) is 0.725. The van der Waals surface area contributed by atoms with Crippen LogP contribution in [0.4, 0.5) is 0 Å². The van der Waals surface area contributed by atoms with Crippen LogP contribution >= 0.6 is 15.9 Å². The number of aromatic nitrogens is 2. The van der Waals surface area contributed by atoms with Crippen LogP contribution in [-0.2, 0) is 0 Å². The summed E-state index contributed by atoms with van der Waals surface area (Å²) < 4.78 is 1.01. The Morgan fingerprint density at radius 2 is 1.37 bits per heavy atom. The fourth-order valence-electron chi connectivity index (χ4n) is 4.61. The van der Waals surface area contributed by atoms with Crippen LogP contribution in [-0.4, -0.2) is 9.97 Å². The maximum absolute atomic E-state index is 5.13. The second-order valence-corrected chi connectivity index (χ2v) is 9.64. The molecule has 168 valence electrons. The molecule has 1 aliphatic rings. The second-order valence-electron chi connectivity index (χ2n) is 8.73. The van der Waals surface area contributed by atoms with Crippen LogP contribution in [0, 0.1) is 0 Å². The summed E-state index contributed by atoms with van der Waals surface area (Å²) in [6.07, 6.45) is 9.00. The smallest absolute Gasteiger partial charge is 0.160 e. The monoisotopic (exact) mass is 514 g/mol. The molecule has 0 fully saturated rings. The molecule has 0 spiro atoms. The first kappa shape index (κ1) is 21.7. The summed E-state index contributed by atoms with van der Waals surface area (Å²) in [6.45, 7) is 0. The van der Waals surface area contributed by atoms with Gasteiger partial charge in [-0.15, -0.1) is 0 Å². The minimum Gasteiger partial charge on any atom is -0.228 e. The van der Waals surface area contributed by atoms with Gasteiger partial charge in [0.2, 0.25) is 0 Å². The lowest BCUT2D eigenvalue weighted by atomic mass is 9.92. The number of nitrogens with zero attached hydrogens (tertiary/aromatic N) is 2. The molecule has 0 saturated heterocycles. The summed E-state index contributed by atoms with van der Waals surface area (Å²) in [5.41, 5.74) is 8.83. The minimum absolute atomic E-state index is 0.725. The molecule has 1 aromatic heterocycles. The number of allylic oxidation sites excluding steroid dienone is 4. The Morgan fingerprint density at radius 1 is 0.600 bits per heavy atom. The molecule has 2 nitrogen and oxygen atoms in total. The average Bonchev–Trinajstić information content (AvgIpc) is 2.93. The Hall–Kier alpha value is -3.82. The number of halogens is 1. The Kier molecular flexibility index (Phi) is 5.85. The molecule has 35 heavy (non-hydrogen) atoms. The van der Waals surface area contributed by atoms with Crippen molar-refractivity contribution in [1.82, 2.24) is 9.97 Å². The Morgan fingerprint density at radius 3 is 2.20 bits per heavy atom. The zero-order valence-corrected chi connectivity index (χ0v) is 20.7. The highest BCUT2D eigenvalue weighted by atomic mass is 79.9. The molecule has 5 aromatic rings. The molecule has 6 rings (SSSR count). The van der Waals surface area contributed by atoms with Gasteiger partial charge in [0.05, 0.1) is 11.2 Å². The highest BCUT2D eigenvalue weighted by Crippen LogP contribution is 2.35. The number of hydrogen-bond acceptors (Lipinski definition) is 2. The summed E-state index contributed by atoms with van der Waals surface area (Å²) in [7, 11) is 0. The lowest BCUT2D eigenvalue weighted by Gasteiger charge is -2.15. The van der Waals surface area contributed by atoms with Crippen LogP contribution in [0.3, 0.4) is 0 Å². The van der Waals surface area contributed by atoms with E-state index in [9.17, 15) is 0 Å². The van der Waals surface area contributed by atoms with E-state index < -0.39 is 0 Å². The van der Waals surface area contributed by atoms with Gasteiger partial charge in [-0.1, -0.05) is 94.8 Å². The Balaban J connectivity index is 1.61. The van der Waals surface area contributed by atoms with Crippen molar-refractivity contribution >= 4 is 32.4 Å². The van der Waals surface area contributed by atoms with E-state index in [1.54, 1.807) is 0 Å². The van der Waals surface area contributed by atoms with E-state index in [1.165, 1.54) is 22.3 Å². The number of rotatable bonds is 4. The molecule has 0 bridgehead atoms. The Bertz CT molecular complexity index is 1600. The highest BCUT2D eigenvalue weighted by Gasteiger charge is 2.15. The van der Waals surface area contributed by atoms with Crippen LogP contribution in [0.15, 0.2) is 120 Å². The predicted octanol–water partition coefficient (Wildman–Crippen LogP) is 9.13. The van der Waals surface area contributed by atoms with E-state index in [-0.39, 0.29) is 0 Å². The fraction of sp³-hybridized carbons (Fsp3) is 0.0625. The SMILES string of the molecule is Brc1cccc(-c2nc(-c3cc(C4=CCCC=C4)cc(-c4ccccc4)c3)c3ccccc3n2)c1. The lowest BCUT2D eigenvalue weighted by molar-refractivity contribution is 1.04. The van der Waals surface area contributed by atoms with Gasteiger partial charge in [-0.2, -0.15) is 0 Å². The maximum atomic E-state index is 5.13. The lowest BCUT2D eigenvalue weighted by Crippen LogP contribution is -1.97. The maximum Gasteiger partial charge on any atom is 0.160 e. The van der Waals surface area contributed by atoms with Crippen LogP contribution < -0.4 is 0 Å². The number of hydrogen-bond donors (Lipinski definition) is 0. The van der Waals surface area contributed by atoms with Crippen LogP contribution in [0.25, 0.3) is 50.2 Å². The second kappa shape index (κ2) is 9.44. The van der Waals surface area contributed by atoms with Crippen molar-refractivity contribution in [3.63, 3.8) is 0 Å². The van der Waals surface area contributed by atoms with Gasteiger partial charge in [-0.25, -0.2) is 9.97 Å². The van der Waals surface area contributed by atoms with Crippen LogP contribution in [0.2, 0.25) is 0 Å². The topological polar surface area (TPSA) is 25.8 Å². The molecule has 1 aliphatic carbocycles. The van der Waals surface area contributed by atoms with Crippen molar-refractivity contribution in [3.05, 3.63) is 125 Å². The van der Waals surface area contributed by atoms with E-state index in [4.69, 9.17) is 9.97 Å². The third kappa shape index (κ3) is 4.48. The molecule has 0 N–H and O–H groups in total. The zero-order chi connectivity index (χ0) is 23.6. The van der Waals surface area contributed by atoms with Gasteiger partial charge in [-0.05, 0) is 71.5 Å². The summed E-state index contributed by atoms with van der Waals surface area (Å²) in [4.78, 5) is 10.0. The average molecular weight is 515 g/mol. The van der Waals surface area contributed by atoms with E-state index in [0.29, 0.717) is 0 Å². The van der Waals surface area contributed by atoms with Gasteiger partial charge >= 0.3 is 0 Å². The van der Waals surface area contributed by atoms with E-state index in [0.717, 1.165) is 50.9 Å².